The Bertz CT molecular complexity index is 447. The quantitative estimate of drug-likeness (QED) is 0.177. The summed E-state index contributed by atoms with van der Waals surface area (Å²) >= 11 is 0. The average molecular weight is 550 g/mol. The van der Waals surface area contributed by atoms with E-state index >= 15 is 0 Å². The SMILES string of the molecule is O.O.O.O.O.O.O.O.O=P([O-])([O-])OC[C@H]1O[C@](O)(COP(=O)([O-])O)[C@@H](O)[C@@H]1O.[Na+].[Na+].[Na+]. The molecular formula is C6H27Na3O20P2. The van der Waals surface area contributed by atoms with Crippen molar-refractivity contribution in [3.8, 4) is 0 Å². The van der Waals surface area contributed by atoms with Gasteiger partial charge in [-0.05, 0) is 0 Å². The van der Waals surface area contributed by atoms with Gasteiger partial charge in [-0.15, -0.1) is 0 Å². The van der Waals surface area contributed by atoms with Crippen LogP contribution in [0.15, 0.2) is 0 Å². The van der Waals surface area contributed by atoms with E-state index in [1.165, 1.54) is 0 Å². The normalized spacial score (nSPS) is 24.4. The van der Waals surface area contributed by atoms with Crippen molar-refractivity contribution in [1.82, 2.24) is 0 Å². The molecule has 0 aromatic rings. The second-order valence-corrected chi connectivity index (χ2v) is 6.27. The van der Waals surface area contributed by atoms with Crippen LogP contribution in [0.3, 0.4) is 0 Å². The Kier molecular flexibility index (Phi) is 61.7. The zero-order valence-corrected chi connectivity index (χ0v) is 24.4. The molecule has 0 aromatic heterocycles. The van der Waals surface area contributed by atoms with Crippen LogP contribution in [-0.4, -0.2) is 101 Å². The number of hydrogen-bond donors (Lipinski definition) is 4. The predicted octanol–water partition coefficient (Wildman–Crippen LogP) is -20.5. The third kappa shape index (κ3) is 25.6. The van der Waals surface area contributed by atoms with Gasteiger partial charge >= 0.3 is 88.7 Å². The van der Waals surface area contributed by atoms with Crippen molar-refractivity contribution >= 4 is 15.6 Å². The Morgan fingerprint density at radius 3 is 1.48 bits per heavy atom. The summed E-state index contributed by atoms with van der Waals surface area (Å²) in [5.74, 6) is -2.74. The molecule has 1 aliphatic heterocycles. The van der Waals surface area contributed by atoms with E-state index in [0.717, 1.165) is 0 Å². The largest absolute Gasteiger partial charge is 1.00 e. The summed E-state index contributed by atoms with van der Waals surface area (Å²) in [4.78, 5) is 39.2. The van der Waals surface area contributed by atoms with Gasteiger partial charge in [0, 0.05) is 0 Å². The van der Waals surface area contributed by atoms with Crippen LogP contribution in [0, 0.1) is 0 Å². The molecule has 1 aliphatic rings. The molecule has 0 amide bonds. The fraction of sp³-hybridized carbons (Fsp3) is 1.00. The minimum Gasteiger partial charge on any atom is -0.790 e. The zero-order chi connectivity index (χ0) is 15.8. The van der Waals surface area contributed by atoms with Crippen molar-refractivity contribution in [1.29, 1.82) is 0 Å². The van der Waals surface area contributed by atoms with E-state index in [4.69, 9.17) is 4.89 Å². The van der Waals surface area contributed by atoms with Gasteiger partial charge in [0.2, 0.25) is 5.79 Å². The number of rotatable bonds is 6. The molecule has 0 saturated carbocycles. The molecule has 0 bridgehead atoms. The van der Waals surface area contributed by atoms with Crippen molar-refractivity contribution in [2.75, 3.05) is 13.2 Å². The summed E-state index contributed by atoms with van der Waals surface area (Å²) in [5, 5.41) is 28.6. The van der Waals surface area contributed by atoms with Crippen LogP contribution < -0.4 is 103 Å². The molecular weight excluding hydrogens is 523 g/mol. The van der Waals surface area contributed by atoms with Crippen molar-refractivity contribution < 1.29 is 190 Å². The van der Waals surface area contributed by atoms with Gasteiger partial charge in [0.25, 0.3) is 7.82 Å². The van der Waals surface area contributed by atoms with Gasteiger partial charge in [-0.25, -0.2) is 0 Å². The third-order valence-electron chi connectivity index (χ3n) is 2.35. The van der Waals surface area contributed by atoms with E-state index < -0.39 is 53.0 Å². The molecule has 1 saturated heterocycles. The number of phosphoric ester groups is 2. The van der Waals surface area contributed by atoms with Crippen molar-refractivity contribution in [2.45, 2.75) is 24.1 Å². The number of phosphoric acid groups is 2. The number of ether oxygens (including phenoxy) is 1. The summed E-state index contributed by atoms with van der Waals surface area (Å²) in [6, 6.07) is 0. The second kappa shape index (κ2) is 27.3. The average Bonchev–Trinajstić information content (AvgIpc) is 2.48. The first-order valence-electron chi connectivity index (χ1n) is 4.95. The molecule has 25 heteroatoms. The zero-order valence-electron chi connectivity index (χ0n) is 16.6. The summed E-state index contributed by atoms with van der Waals surface area (Å²) in [6.07, 6.45) is -5.63. The molecule has 20 N–H and O–H groups in total. The van der Waals surface area contributed by atoms with Crippen LogP contribution in [0.2, 0.25) is 0 Å². The molecule has 20 nitrogen and oxygen atoms in total. The van der Waals surface area contributed by atoms with E-state index in [1.54, 1.807) is 0 Å². The molecule has 0 spiro atoms. The second-order valence-electron chi connectivity index (χ2n) is 3.92. The van der Waals surface area contributed by atoms with Crippen LogP contribution in [0.5, 0.6) is 0 Å². The number of aliphatic hydroxyl groups is 3. The maximum Gasteiger partial charge on any atom is 1.00 e. The Hall–Kier alpha value is 2.74. The smallest absolute Gasteiger partial charge is 0.790 e. The van der Waals surface area contributed by atoms with Gasteiger partial charge in [0.05, 0.1) is 14.4 Å². The minimum absolute atomic E-state index is 0. The van der Waals surface area contributed by atoms with E-state index in [-0.39, 0.29) is 132 Å². The first-order chi connectivity index (χ1) is 8.84. The molecule has 5 atom stereocenters. The molecule has 184 valence electrons. The van der Waals surface area contributed by atoms with Crippen molar-refractivity contribution in [3.05, 3.63) is 0 Å². The molecule has 1 heterocycles. The maximum atomic E-state index is 10.4. The van der Waals surface area contributed by atoms with Gasteiger partial charge < -0.3 is 97.1 Å². The number of hydrogen-bond acceptors (Lipinski definition) is 11. The molecule has 1 unspecified atom stereocenters. The summed E-state index contributed by atoms with van der Waals surface area (Å²) < 4.78 is 32.8. The fourth-order valence-corrected chi connectivity index (χ4v) is 2.14. The van der Waals surface area contributed by atoms with Gasteiger partial charge in [-0.3, -0.25) is 4.57 Å². The van der Waals surface area contributed by atoms with Crippen LogP contribution in [-0.2, 0) is 22.9 Å². The van der Waals surface area contributed by atoms with E-state index in [2.05, 4.69) is 13.8 Å². The van der Waals surface area contributed by atoms with E-state index in [1.807, 2.05) is 0 Å². The molecule has 0 aliphatic carbocycles. The minimum atomic E-state index is -5.37. The maximum absolute atomic E-state index is 10.4. The van der Waals surface area contributed by atoms with Crippen molar-refractivity contribution in [2.24, 2.45) is 0 Å². The standard InChI is InChI=1S/C6H14O12P2.3Na.8H2O/c7-4-3(1-16-19(10,11)12)18-6(9,5(4)8)2-17-20(13,14)15;;;;;;;;;;;/h3-5,7-9H,1-2H2,(H2,10,11,12)(H2,13,14,15);;;;8*1H2/q;3*+1;;;;;;;;/p-3/t3-,4-,5+,6-;;;;;;;;;;;/m1.........../s1. The van der Waals surface area contributed by atoms with Crippen molar-refractivity contribution in [3.63, 3.8) is 0 Å². The molecule has 31 heavy (non-hydrogen) atoms. The monoisotopic (exact) mass is 550 g/mol. The first-order valence-corrected chi connectivity index (χ1v) is 7.91. The number of aliphatic hydroxyl groups excluding tert-OH is 2. The van der Waals surface area contributed by atoms with Crippen LogP contribution in [0.1, 0.15) is 0 Å². The first kappa shape index (κ1) is 69.9. The Morgan fingerprint density at radius 1 is 0.839 bits per heavy atom. The predicted molar refractivity (Wildman–Crippen MR) is 80.1 cm³/mol. The molecule has 0 radical (unpaired) electrons. The van der Waals surface area contributed by atoms with Gasteiger partial charge in [0.15, 0.2) is 0 Å². The van der Waals surface area contributed by atoms with E-state index in [0.29, 0.717) is 0 Å². The van der Waals surface area contributed by atoms with Crippen LogP contribution in [0.25, 0.3) is 0 Å². The Labute approximate surface area is 241 Å². The third-order valence-corrected chi connectivity index (χ3v) is 3.27. The molecule has 1 rings (SSSR count). The molecule has 0 aromatic carbocycles. The Balaban J connectivity index is -0.0000000404. The fourth-order valence-electron chi connectivity index (χ4n) is 1.46. The van der Waals surface area contributed by atoms with Gasteiger partial charge in [0.1, 0.15) is 24.9 Å². The van der Waals surface area contributed by atoms with Crippen LogP contribution in [0.4, 0.5) is 0 Å². The summed E-state index contributed by atoms with van der Waals surface area (Å²) in [7, 11) is -10.6. The van der Waals surface area contributed by atoms with E-state index in [9.17, 15) is 39.1 Å². The van der Waals surface area contributed by atoms with Gasteiger partial charge in [-0.2, -0.15) is 0 Å². The summed E-state index contributed by atoms with van der Waals surface area (Å²) in [5.41, 5.74) is 0. The van der Waals surface area contributed by atoms with Gasteiger partial charge in [-0.1, -0.05) is 0 Å². The molecule has 1 fully saturated rings. The Morgan fingerprint density at radius 2 is 1.19 bits per heavy atom. The van der Waals surface area contributed by atoms with Crippen LogP contribution >= 0.6 is 15.6 Å². The topological polar surface area (TPSA) is 464 Å². The summed E-state index contributed by atoms with van der Waals surface area (Å²) in [6.45, 7) is -2.29.